The summed E-state index contributed by atoms with van der Waals surface area (Å²) in [4.78, 5) is 28.6. The van der Waals surface area contributed by atoms with E-state index in [1.54, 1.807) is 38.1 Å². The van der Waals surface area contributed by atoms with Crippen molar-refractivity contribution in [2.24, 2.45) is 0 Å². The Morgan fingerprint density at radius 1 is 0.947 bits per heavy atom. The van der Waals surface area contributed by atoms with Gasteiger partial charge in [-0.1, -0.05) is 60.2 Å². The third-order valence-electron chi connectivity index (χ3n) is 6.19. The second-order valence-corrected chi connectivity index (χ2v) is 11.2. The number of amides is 2. The Labute approximate surface area is 224 Å². The van der Waals surface area contributed by atoms with Gasteiger partial charge in [-0.15, -0.1) is 0 Å². The van der Waals surface area contributed by atoms with Crippen molar-refractivity contribution < 1.29 is 22.4 Å². The molecule has 9 heteroatoms. The van der Waals surface area contributed by atoms with E-state index in [1.807, 2.05) is 43.3 Å². The van der Waals surface area contributed by atoms with Crippen LogP contribution in [0.25, 0.3) is 0 Å². The molecule has 0 saturated carbocycles. The molecule has 0 aliphatic heterocycles. The number of rotatable bonds is 11. The smallest absolute Gasteiger partial charge is 0.244 e. The maximum absolute atomic E-state index is 13.9. The van der Waals surface area contributed by atoms with Crippen LogP contribution in [0.1, 0.15) is 29.2 Å². The number of carbonyl (C=O) groups excluding carboxylic acids is 2. The minimum atomic E-state index is -3.84. The molecule has 38 heavy (non-hydrogen) atoms. The number of hydrogen-bond donors (Lipinski definition) is 1. The maximum Gasteiger partial charge on any atom is 0.244 e. The third-order valence-corrected chi connectivity index (χ3v) is 7.31. The van der Waals surface area contributed by atoms with Gasteiger partial charge in [0.05, 0.1) is 11.9 Å². The molecule has 0 saturated heterocycles. The fraction of sp³-hybridized carbons (Fsp3) is 0.310. The van der Waals surface area contributed by atoms with Gasteiger partial charge >= 0.3 is 0 Å². The lowest BCUT2D eigenvalue weighted by atomic mass is 10.0. The highest BCUT2D eigenvalue weighted by atomic mass is 32.2. The molecule has 0 radical (unpaired) electrons. The lowest BCUT2D eigenvalue weighted by molar-refractivity contribution is -0.140. The van der Waals surface area contributed by atoms with E-state index in [-0.39, 0.29) is 18.9 Å². The number of nitrogens with zero attached hydrogens (tertiary/aromatic N) is 2. The number of carbonyl (C=O) groups is 2. The molecule has 3 rings (SSSR count). The van der Waals surface area contributed by atoms with Crippen molar-refractivity contribution in [1.29, 1.82) is 0 Å². The molecule has 0 spiro atoms. The summed E-state index contributed by atoms with van der Waals surface area (Å²) < 4.78 is 40.4. The molecular weight excluding hydrogens is 505 g/mol. The van der Waals surface area contributed by atoms with Crippen molar-refractivity contribution in [3.63, 3.8) is 0 Å². The van der Waals surface area contributed by atoms with Gasteiger partial charge in [0.2, 0.25) is 21.8 Å². The second kappa shape index (κ2) is 12.7. The molecule has 0 heterocycles. The highest BCUT2D eigenvalue weighted by Gasteiger charge is 2.33. The van der Waals surface area contributed by atoms with Crippen molar-refractivity contribution in [3.05, 3.63) is 101 Å². The molecule has 0 bridgehead atoms. The molecule has 0 aliphatic carbocycles. The zero-order valence-electron chi connectivity index (χ0n) is 22.1. The molecule has 1 N–H and O–H groups in total. The lowest BCUT2D eigenvalue weighted by Crippen LogP contribution is -2.53. The molecule has 3 aromatic rings. The Hall–Kier alpha value is -3.72. The first-order chi connectivity index (χ1) is 18.0. The summed E-state index contributed by atoms with van der Waals surface area (Å²) in [6.07, 6.45) is 1.27. The number of halogens is 1. The van der Waals surface area contributed by atoms with Gasteiger partial charge in [-0.25, -0.2) is 12.8 Å². The van der Waals surface area contributed by atoms with Crippen LogP contribution in [0.15, 0.2) is 72.8 Å². The number of aryl methyl sites for hydroxylation is 2. The van der Waals surface area contributed by atoms with E-state index in [0.717, 1.165) is 21.7 Å². The average Bonchev–Trinajstić information content (AvgIpc) is 2.86. The first-order valence-corrected chi connectivity index (χ1v) is 14.2. The molecule has 0 unspecified atom stereocenters. The van der Waals surface area contributed by atoms with Crippen LogP contribution < -0.4 is 9.62 Å². The number of likely N-dealkylation sites (N-methyl/N-ethyl adjacent to an activating group) is 1. The van der Waals surface area contributed by atoms with Gasteiger partial charge < -0.3 is 10.2 Å². The highest BCUT2D eigenvalue weighted by Crippen LogP contribution is 2.24. The summed E-state index contributed by atoms with van der Waals surface area (Å²) in [5.74, 6) is -1.33. The minimum Gasteiger partial charge on any atom is -0.355 e. The number of anilines is 1. The second-order valence-electron chi connectivity index (χ2n) is 9.31. The molecule has 2 amide bonds. The molecule has 7 nitrogen and oxygen atoms in total. The van der Waals surface area contributed by atoms with Crippen LogP contribution in [0.3, 0.4) is 0 Å². The van der Waals surface area contributed by atoms with Crippen molar-refractivity contribution in [3.8, 4) is 0 Å². The predicted octanol–water partition coefficient (Wildman–Crippen LogP) is 3.98. The van der Waals surface area contributed by atoms with E-state index >= 15 is 0 Å². The van der Waals surface area contributed by atoms with Crippen molar-refractivity contribution >= 4 is 27.5 Å². The van der Waals surface area contributed by atoms with Gasteiger partial charge in [0.1, 0.15) is 18.4 Å². The number of sulfonamides is 1. The Morgan fingerprint density at radius 2 is 1.61 bits per heavy atom. The van der Waals surface area contributed by atoms with E-state index in [2.05, 4.69) is 5.32 Å². The monoisotopic (exact) mass is 539 g/mol. The van der Waals surface area contributed by atoms with Crippen molar-refractivity contribution in [2.45, 2.75) is 39.8 Å². The normalized spacial score (nSPS) is 12.0. The average molecular weight is 540 g/mol. The number of benzene rings is 3. The quantitative estimate of drug-likeness (QED) is 0.399. The van der Waals surface area contributed by atoms with Crippen molar-refractivity contribution in [2.75, 3.05) is 23.7 Å². The summed E-state index contributed by atoms with van der Waals surface area (Å²) in [5.41, 5.74) is 3.52. The number of nitrogens with one attached hydrogen (secondary N) is 1. The van der Waals surface area contributed by atoms with Gasteiger partial charge in [-0.05, 0) is 55.7 Å². The van der Waals surface area contributed by atoms with Crippen LogP contribution in [0.5, 0.6) is 0 Å². The summed E-state index contributed by atoms with van der Waals surface area (Å²) in [6, 6.07) is 19.3. The van der Waals surface area contributed by atoms with E-state index in [0.29, 0.717) is 23.4 Å². The summed E-state index contributed by atoms with van der Waals surface area (Å²) in [7, 11) is -3.84. The van der Waals surface area contributed by atoms with Gasteiger partial charge in [0.15, 0.2) is 0 Å². The molecular formula is C29H34FN3O4S. The van der Waals surface area contributed by atoms with E-state index in [9.17, 15) is 22.4 Å². The molecule has 3 aromatic carbocycles. The standard InChI is InChI=1S/C29H34FN3O4S/c1-5-31-29(35)27(18-23-9-7-6-8-10-23)32(19-24-12-14-25(30)15-13-24)28(34)20-33(38(4,36)37)26-16-11-21(2)17-22(26)3/h6-17,27H,5,18-20H2,1-4H3,(H,31,35)/t27-/m1/s1. The van der Waals surface area contributed by atoms with Crippen LogP contribution in [-0.4, -0.2) is 50.5 Å². The third kappa shape index (κ3) is 7.64. The van der Waals surface area contributed by atoms with E-state index in [1.165, 1.54) is 17.0 Å². The summed E-state index contributed by atoms with van der Waals surface area (Å²) in [6.45, 7) is 5.34. The van der Waals surface area contributed by atoms with E-state index in [4.69, 9.17) is 0 Å². The van der Waals surface area contributed by atoms with E-state index < -0.39 is 34.3 Å². The van der Waals surface area contributed by atoms with Gasteiger partial charge in [-0.3, -0.25) is 13.9 Å². The van der Waals surface area contributed by atoms with Crippen LogP contribution in [0, 0.1) is 19.7 Å². The summed E-state index contributed by atoms with van der Waals surface area (Å²) >= 11 is 0. The number of hydrogen-bond acceptors (Lipinski definition) is 4. The highest BCUT2D eigenvalue weighted by molar-refractivity contribution is 7.92. The molecule has 1 atom stereocenters. The van der Waals surface area contributed by atoms with Crippen LogP contribution in [0.2, 0.25) is 0 Å². The molecule has 0 fully saturated rings. The molecule has 0 aliphatic rings. The van der Waals surface area contributed by atoms with Gasteiger partial charge in [0.25, 0.3) is 0 Å². The topological polar surface area (TPSA) is 86.8 Å². The zero-order valence-corrected chi connectivity index (χ0v) is 23.0. The SMILES string of the molecule is CCNC(=O)[C@@H](Cc1ccccc1)N(Cc1ccc(F)cc1)C(=O)CN(c1ccc(C)cc1C)S(C)(=O)=O. The van der Waals surface area contributed by atoms with Gasteiger partial charge in [0, 0.05) is 19.5 Å². The zero-order chi connectivity index (χ0) is 27.9. The fourth-order valence-corrected chi connectivity index (χ4v) is 5.22. The van der Waals surface area contributed by atoms with Crippen LogP contribution >= 0.6 is 0 Å². The Bertz CT molecular complexity index is 1360. The van der Waals surface area contributed by atoms with Crippen LogP contribution in [0.4, 0.5) is 10.1 Å². The Balaban J connectivity index is 2.05. The summed E-state index contributed by atoms with van der Waals surface area (Å²) in [5, 5.41) is 2.80. The Morgan fingerprint density at radius 3 is 2.18 bits per heavy atom. The Kier molecular flexibility index (Phi) is 9.63. The lowest BCUT2D eigenvalue weighted by Gasteiger charge is -2.33. The predicted molar refractivity (Wildman–Crippen MR) is 148 cm³/mol. The minimum absolute atomic E-state index is 0.00176. The molecule has 202 valence electrons. The first kappa shape index (κ1) is 28.8. The fourth-order valence-electron chi connectivity index (χ4n) is 4.31. The van der Waals surface area contributed by atoms with Crippen LogP contribution in [-0.2, 0) is 32.6 Å². The molecule has 0 aromatic heterocycles. The maximum atomic E-state index is 13.9. The van der Waals surface area contributed by atoms with Crippen molar-refractivity contribution in [1.82, 2.24) is 10.2 Å². The largest absolute Gasteiger partial charge is 0.355 e. The van der Waals surface area contributed by atoms with Gasteiger partial charge in [-0.2, -0.15) is 0 Å². The first-order valence-electron chi connectivity index (χ1n) is 12.4.